The van der Waals surface area contributed by atoms with Gasteiger partial charge in [-0.25, -0.2) is 0 Å². The van der Waals surface area contributed by atoms with Gasteiger partial charge in [-0.05, 0) is 13.3 Å². The van der Waals surface area contributed by atoms with Gasteiger partial charge in [-0.15, -0.1) is 11.3 Å². The smallest absolute Gasteiger partial charge is 0.0817 e. The summed E-state index contributed by atoms with van der Waals surface area (Å²) in [6.45, 7) is 4.17. The number of hydrazine groups is 1. The molecule has 2 unspecified atom stereocenters. The zero-order chi connectivity index (χ0) is 11.3. The summed E-state index contributed by atoms with van der Waals surface area (Å²) in [5.74, 6) is 5.58. The average Bonchev–Trinajstić information content (AvgIpc) is 2.77. The second-order valence-electron chi connectivity index (χ2n) is 3.76. The monoisotopic (exact) mass is 229 g/mol. The Morgan fingerprint density at radius 1 is 1.73 bits per heavy atom. The summed E-state index contributed by atoms with van der Waals surface area (Å²) in [5.41, 5.74) is 4.43. The largest absolute Gasteiger partial charge is 0.377 e. The van der Waals surface area contributed by atoms with Crippen molar-refractivity contribution in [2.45, 2.75) is 38.3 Å². The van der Waals surface area contributed by atoms with Crippen molar-refractivity contribution in [1.29, 1.82) is 0 Å². The fourth-order valence-electron chi connectivity index (χ4n) is 1.53. The van der Waals surface area contributed by atoms with E-state index in [-0.39, 0.29) is 11.6 Å². The maximum atomic E-state index is 5.58. The molecule has 1 heterocycles. The number of nitrogens with one attached hydrogen (secondary N) is 1. The lowest BCUT2D eigenvalue weighted by molar-refractivity contribution is -0.0286. The Kier molecular flexibility index (Phi) is 4.66. The average molecular weight is 229 g/mol. The molecule has 0 fully saturated rings. The molecular formula is C10H19N3OS. The Labute approximate surface area is 94.8 Å². The van der Waals surface area contributed by atoms with Crippen molar-refractivity contribution in [3.05, 3.63) is 16.6 Å². The van der Waals surface area contributed by atoms with E-state index in [9.17, 15) is 0 Å². The molecule has 0 spiro atoms. The second kappa shape index (κ2) is 5.55. The van der Waals surface area contributed by atoms with Gasteiger partial charge in [0, 0.05) is 24.6 Å². The normalized spacial score (nSPS) is 17.3. The van der Waals surface area contributed by atoms with Crippen molar-refractivity contribution in [2.24, 2.45) is 5.84 Å². The molecule has 1 aromatic heterocycles. The number of hydrogen-bond donors (Lipinski definition) is 2. The van der Waals surface area contributed by atoms with Crippen molar-refractivity contribution < 1.29 is 4.74 Å². The van der Waals surface area contributed by atoms with Crippen LogP contribution in [-0.4, -0.2) is 23.7 Å². The van der Waals surface area contributed by atoms with Gasteiger partial charge in [-0.1, -0.05) is 6.92 Å². The van der Waals surface area contributed by atoms with Crippen LogP contribution in [0.15, 0.2) is 11.7 Å². The number of nitrogens with two attached hydrogens (primary N) is 1. The summed E-state index contributed by atoms with van der Waals surface area (Å²) in [6.07, 6.45) is 3.64. The van der Waals surface area contributed by atoms with E-state index in [1.165, 1.54) is 4.88 Å². The molecule has 0 radical (unpaired) electrons. The lowest BCUT2D eigenvalue weighted by Crippen LogP contribution is -2.53. The molecule has 4 nitrogen and oxygen atoms in total. The summed E-state index contributed by atoms with van der Waals surface area (Å²) >= 11 is 1.64. The molecule has 0 aromatic carbocycles. The number of thiazole rings is 1. The van der Waals surface area contributed by atoms with Gasteiger partial charge in [0.05, 0.1) is 17.2 Å². The van der Waals surface area contributed by atoms with Gasteiger partial charge in [-0.3, -0.25) is 16.3 Å². The highest BCUT2D eigenvalue weighted by molar-refractivity contribution is 7.09. The summed E-state index contributed by atoms with van der Waals surface area (Å²) < 4.78 is 5.53. The molecule has 3 N–H and O–H groups in total. The van der Waals surface area contributed by atoms with Crippen LogP contribution in [0.3, 0.4) is 0 Å². The minimum Gasteiger partial charge on any atom is -0.377 e. The quantitative estimate of drug-likeness (QED) is 0.571. The highest BCUT2D eigenvalue weighted by Gasteiger charge is 2.32. The Morgan fingerprint density at radius 3 is 2.87 bits per heavy atom. The Bertz CT molecular complexity index is 272. The lowest BCUT2D eigenvalue weighted by Gasteiger charge is -2.35. The molecule has 0 aliphatic rings. The van der Waals surface area contributed by atoms with E-state index in [1.54, 1.807) is 18.4 Å². The van der Waals surface area contributed by atoms with Gasteiger partial charge >= 0.3 is 0 Å². The Hall–Kier alpha value is -0.490. The fraction of sp³-hybridized carbons (Fsp3) is 0.700. The molecule has 0 aliphatic carbocycles. The Morgan fingerprint density at radius 2 is 2.47 bits per heavy atom. The molecule has 0 aliphatic heterocycles. The van der Waals surface area contributed by atoms with Crippen LogP contribution in [0, 0.1) is 0 Å². The predicted molar refractivity (Wildman–Crippen MR) is 62.6 cm³/mol. The van der Waals surface area contributed by atoms with Gasteiger partial charge in [0.15, 0.2) is 0 Å². The summed E-state index contributed by atoms with van der Waals surface area (Å²) in [4.78, 5) is 5.27. The first-order valence-corrected chi connectivity index (χ1v) is 5.93. The van der Waals surface area contributed by atoms with Crippen LogP contribution in [0.1, 0.15) is 25.1 Å². The molecule has 0 bridgehead atoms. The molecule has 0 saturated carbocycles. The molecule has 2 atom stereocenters. The standard InChI is InChI=1S/C10H19N3OS/c1-4-10(2,14-3)9(13-11)5-8-6-12-7-15-8/h6-7,9,13H,4-5,11H2,1-3H3. The highest BCUT2D eigenvalue weighted by Crippen LogP contribution is 2.22. The number of rotatable bonds is 6. The van der Waals surface area contributed by atoms with E-state index in [0.717, 1.165) is 12.8 Å². The van der Waals surface area contributed by atoms with Crippen LogP contribution in [0.4, 0.5) is 0 Å². The van der Waals surface area contributed by atoms with Crippen LogP contribution in [0.25, 0.3) is 0 Å². The van der Waals surface area contributed by atoms with Crippen molar-refractivity contribution in [3.63, 3.8) is 0 Å². The summed E-state index contributed by atoms with van der Waals surface area (Å²) in [6, 6.07) is 0.105. The first kappa shape index (κ1) is 12.6. The predicted octanol–water partition coefficient (Wildman–Crippen LogP) is 1.33. The van der Waals surface area contributed by atoms with Crippen molar-refractivity contribution in [2.75, 3.05) is 7.11 Å². The fourth-order valence-corrected chi connectivity index (χ4v) is 2.17. The number of aromatic nitrogens is 1. The van der Waals surface area contributed by atoms with Crippen molar-refractivity contribution in [3.8, 4) is 0 Å². The molecule has 1 rings (SSSR count). The van der Waals surface area contributed by atoms with E-state index in [4.69, 9.17) is 10.6 Å². The SMILES string of the molecule is CCC(C)(OC)C(Cc1cncs1)NN. The van der Waals surface area contributed by atoms with Gasteiger partial charge in [0.25, 0.3) is 0 Å². The number of ether oxygens (including phenoxy) is 1. The van der Waals surface area contributed by atoms with Crippen molar-refractivity contribution >= 4 is 11.3 Å². The number of hydrogen-bond acceptors (Lipinski definition) is 5. The topological polar surface area (TPSA) is 60.2 Å². The Balaban J connectivity index is 2.70. The minimum atomic E-state index is -0.237. The third-order valence-corrected chi connectivity index (χ3v) is 3.80. The molecule has 0 amide bonds. The van der Waals surface area contributed by atoms with Crippen LogP contribution in [0.2, 0.25) is 0 Å². The van der Waals surface area contributed by atoms with E-state index in [1.807, 2.05) is 11.7 Å². The molecule has 1 aromatic rings. The van der Waals surface area contributed by atoms with Crippen LogP contribution in [-0.2, 0) is 11.2 Å². The van der Waals surface area contributed by atoms with Crippen LogP contribution < -0.4 is 11.3 Å². The minimum absolute atomic E-state index is 0.105. The van der Waals surface area contributed by atoms with E-state index in [0.29, 0.717) is 0 Å². The number of nitrogens with zero attached hydrogens (tertiary/aromatic N) is 1. The van der Waals surface area contributed by atoms with Gasteiger partial charge in [-0.2, -0.15) is 0 Å². The first-order valence-electron chi connectivity index (χ1n) is 5.05. The van der Waals surface area contributed by atoms with Gasteiger partial charge in [0.2, 0.25) is 0 Å². The van der Waals surface area contributed by atoms with Crippen molar-refractivity contribution in [1.82, 2.24) is 10.4 Å². The van der Waals surface area contributed by atoms with Crippen LogP contribution >= 0.6 is 11.3 Å². The lowest BCUT2D eigenvalue weighted by atomic mass is 9.91. The molecule has 0 saturated heterocycles. The molecular weight excluding hydrogens is 210 g/mol. The number of methoxy groups -OCH3 is 1. The zero-order valence-electron chi connectivity index (χ0n) is 9.49. The third-order valence-electron chi connectivity index (χ3n) is 3.00. The van der Waals surface area contributed by atoms with E-state index >= 15 is 0 Å². The van der Waals surface area contributed by atoms with E-state index < -0.39 is 0 Å². The maximum Gasteiger partial charge on any atom is 0.0817 e. The summed E-state index contributed by atoms with van der Waals surface area (Å²) in [7, 11) is 1.72. The third kappa shape index (κ3) is 2.98. The zero-order valence-corrected chi connectivity index (χ0v) is 10.3. The molecule has 5 heteroatoms. The maximum absolute atomic E-state index is 5.58. The summed E-state index contributed by atoms with van der Waals surface area (Å²) in [5, 5.41) is 0. The van der Waals surface area contributed by atoms with Gasteiger partial charge in [0.1, 0.15) is 0 Å². The molecule has 15 heavy (non-hydrogen) atoms. The molecule has 86 valence electrons. The van der Waals surface area contributed by atoms with E-state index in [2.05, 4.69) is 24.3 Å². The van der Waals surface area contributed by atoms with Crippen LogP contribution in [0.5, 0.6) is 0 Å². The van der Waals surface area contributed by atoms with Gasteiger partial charge < -0.3 is 4.74 Å². The highest BCUT2D eigenvalue weighted by atomic mass is 32.1. The second-order valence-corrected chi connectivity index (χ2v) is 4.73. The first-order chi connectivity index (χ1) is 7.16.